The Labute approximate surface area is 176 Å². The Hall–Kier alpha value is -2.38. The first-order valence-electron chi connectivity index (χ1n) is 8.80. The van der Waals surface area contributed by atoms with Gasteiger partial charge < -0.3 is 14.4 Å². The molecule has 0 radical (unpaired) electrons. The molecule has 0 spiro atoms. The number of rotatable bonds is 4. The van der Waals surface area contributed by atoms with Gasteiger partial charge in [0, 0.05) is 28.7 Å². The average Bonchev–Trinajstić information content (AvgIpc) is 3.33. The van der Waals surface area contributed by atoms with Crippen LogP contribution in [0.15, 0.2) is 40.2 Å². The van der Waals surface area contributed by atoms with Gasteiger partial charge >= 0.3 is 0 Å². The van der Waals surface area contributed by atoms with Crippen molar-refractivity contribution in [1.82, 2.24) is 4.98 Å². The second-order valence-electron chi connectivity index (χ2n) is 6.50. The van der Waals surface area contributed by atoms with Gasteiger partial charge in [0.15, 0.2) is 0 Å². The lowest BCUT2D eigenvalue weighted by Crippen LogP contribution is -2.28. The Balaban J connectivity index is 1.67. The van der Waals surface area contributed by atoms with Crippen LogP contribution in [0.1, 0.15) is 20.9 Å². The van der Waals surface area contributed by atoms with Gasteiger partial charge in [-0.15, -0.1) is 11.3 Å². The lowest BCUT2D eigenvalue weighted by molar-refractivity contribution is 0.0988. The Bertz CT molecular complexity index is 1040. The molecule has 0 aliphatic carbocycles. The third-order valence-electron chi connectivity index (χ3n) is 4.83. The number of amides is 1. The van der Waals surface area contributed by atoms with Gasteiger partial charge in [-0.25, -0.2) is 4.98 Å². The number of carbonyl (C=O) groups is 1. The molecule has 1 aliphatic heterocycles. The molecule has 0 saturated carbocycles. The number of hydrogen-bond acceptors (Lipinski definition) is 5. The van der Waals surface area contributed by atoms with E-state index in [1.165, 1.54) is 0 Å². The molecule has 0 unspecified atom stereocenters. The minimum atomic E-state index is -0.0693. The summed E-state index contributed by atoms with van der Waals surface area (Å²) in [6.07, 6.45) is 0.822. The van der Waals surface area contributed by atoms with Gasteiger partial charge in [0.05, 0.1) is 24.9 Å². The van der Waals surface area contributed by atoms with Gasteiger partial charge in [-0.05, 0) is 59.1 Å². The minimum absolute atomic E-state index is 0.0693. The molecule has 144 valence electrons. The van der Waals surface area contributed by atoms with Crippen molar-refractivity contribution < 1.29 is 14.3 Å². The highest BCUT2D eigenvalue weighted by Crippen LogP contribution is 2.38. The van der Waals surface area contributed by atoms with Gasteiger partial charge in [-0.3, -0.25) is 4.79 Å². The molecule has 2 aromatic carbocycles. The number of hydrogen-bond donors (Lipinski definition) is 0. The zero-order valence-electron chi connectivity index (χ0n) is 15.8. The number of nitrogens with zero attached hydrogens (tertiary/aromatic N) is 2. The lowest BCUT2D eigenvalue weighted by Gasteiger charge is -2.19. The maximum atomic E-state index is 13.2. The quantitative estimate of drug-likeness (QED) is 0.545. The molecule has 0 atom stereocenters. The summed E-state index contributed by atoms with van der Waals surface area (Å²) in [5, 5.41) is 3.11. The van der Waals surface area contributed by atoms with Crippen molar-refractivity contribution in [2.24, 2.45) is 0 Å². The maximum Gasteiger partial charge on any atom is 0.258 e. The van der Waals surface area contributed by atoms with Crippen LogP contribution in [-0.2, 0) is 6.42 Å². The predicted octanol–water partition coefficient (Wildman–Crippen LogP) is 5.10. The second-order valence-corrected chi connectivity index (χ2v) is 8.35. The number of aromatic nitrogens is 1. The monoisotopic (exact) mass is 458 g/mol. The number of carbonyl (C=O) groups excluding carboxylic acids is 1. The van der Waals surface area contributed by atoms with E-state index in [1.807, 2.05) is 24.0 Å². The van der Waals surface area contributed by atoms with Crippen LogP contribution >= 0.6 is 27.3 Å². The van der Waals surface area contributed by atoms with Crippen LogP contribution in [0.4, 0.5) is 5.69 Å². The van der Waals surface area contributed by atoms with E-state index in [-0.39, 0.29) is 5.91 Å². The number of halogens is 1. The Morgan fingerprint density at radius 2 is 1.89 bits per heavy atom. The lowest BCUT2D eigenvalue weighted by atomic mass is 10.1. The summed E-state index contributed by atoms with van der Waals surface area (Å²) in [6.45, 7) is 2.65. The first kappa shape index (κ1) is 19.0. The summed E-state index contributed by atoms with van der Waals surface area (Å²) in [6, 6.07) is 9.65. The van der Waals surface area contributed by atoms with Crippen LogP contribution in [0.3, 0.4) is 0 Å². The van der Waals surface area contributed by atoms with E-state index in [9.17, 15) is 4.79 Å². The zero-order chi connectivity index (χ0) is 19.8. The van der Waals surface area contributed by atoms with Gasteiger partial charge in [0.2, 0.25) is 0 Å². The molecule has 7 heteroatoms. The molecule has 2 heterocycles. The molecule has 4 rings (SSSR count). The number of aryl methyl sites for hydroxylation is 1. The van der Waals surface area contributed by atoms with Crippen LogP contribution in [-0.4, -0.2) is 31.7 Å². The summed E-state index contributed by atoms with van der Waals surface area (Å²) in [5.41, 5.74) is 4.71. The first-order valence-corrected chi connectivity index (χ1v) is 10.5. The van der Waals surface area contributed by atoms with Crippen molar-refractivity contribution in [2.75, 3.05) is 25.7 Å². The third kappa shape index (κ3) is 3.29. The van der Waals surface area contributed by atoms with E-state index in [0.29, 0.717) is 28.1 Å². The highest BCUT2D eigenvalue weighted by molar-refractivity contribution is 9.10. The van der Waals surface area contributed by atoms with E-state index in [2.05, 4.69) is 32.4 Å². The van der Waals surface area contributed by atoms with Gasteiger partial charge in [0.1, 0.15) is 16.0 Å². The van der Waals surface area contributed by atoms with E-state index >= 15 is 0 Å². The summed E-state index contributed by atoms with van der Waals surface area (Å²) < 4.78 is 11.4. The largest absolute Gasteiger partial charge is 0.495 e. The van der Waals surface area contributed by atoms with Gasteiger partial charge in [0.25, 0.3) is 5.91 Å². The molecule has 0 saturated heterocycles. The van der Waals surface area contributed by atoms with Crippen LogP contribution in [0.5, 0.6) is 11.5 Å². The molecular weight excluding hydrogens is 440 g/mol. The fraction of sp³-hybridized carbons (Fsp3) is 0.238. The van der Waals surface area contributed by atoms with Crippen LogP contribution < -0.4 is 14.4 Å². The minimum Gasteiger partial charge on any atom is -0.495 e. The maximum absolute atomic E-state index is 13.2. The summed E-state index contributed by atoms with van der Waals surface area (Å²) in [7, 11) is 3.14. The van der Waals surface area contributed by atoms with E-state index in [0.717, 1.165) is 33.9 Å². The molecule has 0 N–H and O–H groups in total. The van der Waals surface area contributed by atoms with Crippen LogP contribution in [0, 0.1) is 6.92 Å². The summed E-state index contributed by atoms with van der Waals surface area (Å²) in [4.78, 5) is 19.6. The van der Waals surface area contributed by atoms with Crippen molar-refractivity contribution in [3.05, 3.63) is 56.3 Å². The highest BCUT2D eigenvalue weighted by Gasteiger charge is 2.27. The van der Waals surface area contributed by atoms with E-state index in [4.69, 9.17) is 9.47 Å². The van der Waals surface area contributed by atoms with E-state index in [1.54, 1.807) is 37.7 Å². The number of ether oxygens (including phenoxy) is 2. The SMILES string of the molecule is COc1cc(C(=O)N2CCc3cc(-c4csc(C)n4)ccc32)cc(OC)c1Br. The zero-order valence-corrected chi connectivity index (χ0v) is 18.2. The molecule has 28 heavy (non-hydrogen) atoms. The molecule has 0 fully saturated rings. The standard InChI is InChI=1S/C21H19BrN2O3S/c1-12-23-16(11-28-12)13-4-5-17-14(8-13)6-7-24(17)21(25)15-9-18(26-2)20(22)19(10-15)27-3/h4-5,8-11H,6-7H2,1-3H3. The molecule has 1 amide bonds. The summed E-state index contributed by atoms with van der Waals surface area (Å²) >= 11 is 5.09. The molecule has 0 bridgehead atoms. The van der Waals surface area contributed by atoms with Crippen molar-refractivity contribution in [1.29, 1.82) is 0 Å². The predicted molar refractivity (Wildman–Crippen MR) is 115 cm³/mol. The number of thiazole rings is 1. The molecule has 3 aromatic rings. The van der Waals surface area contributed by atoms with Crippen LogP contribution in [0.25, 0.3) is 11.3 Å². The number of anilines is 1. The third-order valence-corrected chi connectivity index (χ3v) is 6.38. The average molecular weight is 459 g/mol. The first-order chi connectivity index (χ1) is 13.5. The van der Waals surface area contributed by atoms with Crippen molar-refractivity contribution in [3.8, 4) is 22.8 Å². The fourth-order valence-electron chi connectivity index (χ4n) is 3.42. The van der Waals surface area contributed by atoms with Crippen molar-refractivity contribution in [3.63, 3.8) is 0 Å². The number of benzene rings is 2. The van der Waals surface area contributed by atoms with Crippen LogP contribution in [0.2, 0.25) is 0 Å². The Morgan fingerprint density at radius 3 is 2.50 bits per heavy atom. The number of fused-ring (bicyclic) bond motifs is 1. The van der Waals surface area contributed by atoms with Gasteiger partial charge in [-0.2, -0.15) is 0 Å². The second kappa shape index (κ2) is 7.56. The highest BCUT2D eigenvalue weighted by atomic mass is 79.9. The Kier molecular flexibility index (Phi) is 5.12. The van der Waals surface area contributed by atoms with Crippen molar-refractivity contribution >= 4 is 38.9 Å². The molecule has 1 aliphatic rings. The topological polar surface area (TPSA) is 51.7 Å². The normalized spacial score (nSPS) is 12.8. The van der Waals surface area contributed by atoms with Crippen molar-refractivity contribution in [2.45, 2.75) is 13.3 Å². The smallest absolute Gasteiger partial charge is 0.258 e. The Morgan fingerprint density at radius 1 is 1.18 bits per heavy atom. The van der Waals surface area contributed by atoms with Gasteiger partial charge in [-0.1, -0.05) is 6.07 Å². The van der Waals surface area contributed by atoms with E-state index < -0.39 is 0 Å². The molecule has 5 nitrogen and oxygen atoms in total. The summed E-state index contributed by atoms with van der Waals surface area (Å²) in [5.74, 6) is 1.06. The fourth-order valence-corrected chi connectivity index (χ4v) is 4.59. The number of methoxy groups -OCH3 is 2. The molecule has 1 aromatic heterocycles. The molecular formula is C21H19BrN2O3S.